The summed E-state index contributed by atoms with van der Waals surface area (Å²) in [5, 5.41) is 0. The van der Waals surface area contributed by atoms with E-state index in [4.69, 9.17) is 11.6 Å². The molecule has 0 aromatic heterocycles. The molecule has 0 unspecified atom stereocenters. The molecule has 1 heterocycles. The van der Waals surface area contributed by atoms with E-state index >= 15 is 0 Å². The van der Waals surface area contributed by atoms with E-state index in [0.717, 1.165) is 11.0 Å². The first-order valence-electron chi connectivity index (χ1n) is 5.03. The molecule has 1 aliphatic heterocycles. The number of hydrogen-bond donors (Lipinski definition) is 0. The zero-order valence-corrected chi connectivity index (χ0v) is 9.93. The lowest BCUT2D eigenvalue weighted by atomic mass is 10.1. The van der Waals surface area contributed by atoms with Gasteiger partial charge in [-0.3, -0.25) is 9.59 Å². The van der Waals surface area contributed by atoms with Gasteiger partial charge in [-0.1, -0.05) is 6.58 Å². The highest BCUT2D eigenvalue weighted by Gasteiger charge is 2.38. The van der Waals surface area contributed by atoms with Crippen molar-refractivity contribution < 1.29 is 18.4 Å². The molecule has 0 saturated carbocycles. The Balaban J connectivity index is 2.51. The van der Waals surface area contributed by atoms with Gasteiger partial charge in [-0.25, -0.2) is 8.78 Å². The highest BCUT2D eigenvalue weighted by Crippen LogP contribution is 2.32. The summed E-state index contributed by atoms with van der Waals surface area (Å²) in [4.78, 5) is 24.3. The number of Topliss-reactive ketones (excluding diaryl/α,β-unsaturated/α-hetero) is 1. The maximum Gasteiger partial charge on any atom is 0.299 e. The minimum absolute atomic E-state index is 0.0377. The standard InChI is InChI=1S/C12H8ClF2NO2/c1-6(4-13)5-16-9-3-7(14)2-8(15)10(9)11(17)12(16)18/h2-3H,1,4-5H2. The fourth-order valence-electron chi connectivity index (χ4n) is 1.76. The van der Waals surface area contributed by atoms with Crippen molar-refractivity contribution in [3.05, 3.63) is 41.5 Å². The summed E-state index contributed by atoms with van der Waals surface area (Å²) in [6.45, 7) is 3.55. The summed E-state index contributed by atoms with van der Waals surface area (Å²) in [7, 11) is 0. The van der Waals surface area contributed by atoms with Crippen LogP contribution in [0.1, 0.15) is 10.4 Å². The van der Waals surface area contributed by atoms with Gasteiger partial charge in [0.2, 0.25) is 0 Å². The molecular weight excluding hydrogens is 264 g/mol. The molecule has 2 rings (SSSR count). The SMILES string of the molecule is C=C(CCl)CN1C(=O)C(=O)c2c(F)cc(F)cc21. The van der Waals surface area contributed by atoms with E-state index in [-0.39, 0.29) is 18.1 Å². The molecule has 1 aliphatic rings. The van der Waals surface area contributed by atoms with Gasteiger partial charge < -0.3 is 4.90 Å². The van der Waals surface area contributed by atoms with E-state index in [2.05, 4.69) is 6.58 Å². The smallest absolute Gasteiger partial charge is 0.299 e. The van der Waals surface area contributed by atoms with Crippen LogP contribution in [-0.4, -0.2) is 24.1 Å². The summed E-state index contributed by atoms with van der Waals surface area (Å²) < 4.78 is 26.6. The van der Waals surface area contributed by atoms with Crippen molar-refractivity contribution >= 4 is 29.0 Å². The maximum absolute atomic E-state index is 13.5. The van der Waals surface area contributed by atoms with Crippen LogP contribution in [-0.2, 0) is 4.79 Å². The lowest BCUT2D eigenvalue weighted by molar-refractivity contribution is -0.114. The molecule has 0 aliphatic carbocycles. The van der Waals surface area contributed by atoms with E-state index in [9.17, 15) is 18.4 Å². The molecule has 6 heteroatoms. The van der Waals surface area contributed by atoms with Gasteiger partial charge in [0.25, 0.3) is 11.7 Å². The van der Waals surface area contributed by atoms with Gasteiger partial charge in [-0.15, -0.1) is 11.6 Å². The predicted octanol–water partition coefficient (Wildman–Crippen LogP) is 2.29. The number of amides is 1. The van der Waals surface area contributed by atoms with E-state index < -0.39 is 28.9 Å². The zero-order chi connectivity index (χ0) is 13.4. The monoisotopic (exact) mass is 271 g/mol. The molecule has 0 saturated heterocycles. The number of benzene rings is 1. The summed E-state index contributed by atoms with van der Waals surface area (Å²) in [5.41, 5.74) is -0.00660. The van der Waals surface area contributed by atoms with Crippen molar-refractivity contribution in [3.8, 4) is 0 Å². The second-order valence-electron chi connectivity index (χ2n) is 3.89. The number of alkyl halides is 1. The lowest BCUT2D eigenvalue weighted by Gasteiger charge is -2.16. The number of nitrogens with zero attached hydrogens (tertiary/aromatic N) is 1. The predicted molar refractivity (Wildman–Crippen MR) is 62.9 cm³/mol. The van der Waals surface area contributed by atoms with E-state index in [1.165, 1.54) is 0 Å². The minimum atomic E-state index is -1.04. The third-order valence-corrected chi connectivity index (χ3v) is 2.94. The number of anilines is 1. The molecule has 1 aromatic carbocycles. The van der Waals surface area contributed by atoms with Gasteiger partial charge in [0.15, 0.2) is 0 Å². The highest BCUT2D eigenvalue weighted by atomic mass is 35.5. The van der Waals surface area contributed by atoms with Crippen molar-refractivity contribution in [1.29, 1.82) is 0 Å². The van der Waals surface area contributed by atoms with Gasteiger partial charge in [-0.2, -0.15) is 0 Å². The fraction of sp³-hybridized carbons (Fsp3) is 0.167. The molecule has 0 spiro atoms. The molecule has 1 aromatic rings. The Kier molecular flexibility index (Phi) is 3.17. The first-order chi connectivity index (χ1) is 8.45. The number of fused-ring (bicyclic) bond motifs is 1. The van der Waals surface area contributed by atoms with Crippen molar-refractivity contribution in [3.63, 3.8) is 0 Å². The number of ketones is 1. The molecule has 0 N–H and O–H groups in total. The first kappa shape index (κ1) is 12.7. The van der Waals surface area contributed by atoms with Crippen molar-refractivity contribution in [2.75, 3.05) is 17.3 Å². The second-order valence-corrected chi connectivity index (χ2v) is 4.15. The van der Waals surface area contributed by atoms with Crippen LogP contribution in [0.4, 0.5) is 14.5 Å². The average Bonchev–Trinajstić information content (AvgIpc) is 2.54. The number of rotatable bonds is 3. The van der Waals surface area contributed by atoms with Gasteiger partial charge in [0.1, 0.15) is 11.6 Å². The normalized spacial score (nSPS) is 14.1. The zero-order valence-electron chi connectivity index (χ0n) is 9.17. The third-order valence-electron chi connectivity index (χ3n) is 2.56. The quantitative estimate of drug-likeness (QED) is 0.480. The number of carbonyl (C=O) groups is 2. The van der Waals surface area contributed by atoms with Crippen molar-refractivity contribution in [2.24, 2.45) is 0 Å². The topological polar surface area (TPSA) is 37.4 Å². The fourth-order valence-corrected chi connectivity index (χ4v) is 1.84. The summed E-state index contributed by atoms with van der Waals surface area (Å²) >= 11 is 5.53. The summed E-state index contributed by atoms with van der Waals surface area (Å²) in [6.07, 6.45) is 0. The van der Waals surface area contributed by atoms with Crippen LogP contribution in [0.2, 0.25) is 0 Å². The van der Waals surface area contributed by atoms with Crippen LogP contribution >= 0.6 is 11.6 Å². The Morgan fingerprint density at radius 3 is 2.61 bits per heavy atom. The van der Waals surface area contributed by atoms with Crippen LogP contribution in [0.15, 0.2) is 24.3 Å². The third kappa shape index (κ3) is 1.90. The number of carbonyl (C=O) groups excluding carboxylic acids is 2. The summed E-state index contributed by atoms with van der Waals surface area (Å²) in [6, 6.07) is 1.52. The van der Waals surface area contributed by atoms with Gasteiger partial charge in [-0.05, 0) is 11.6 Å². The van der Waals surface area contributed by atoms with Crippen LogP contribution in [0.3, 0.4) is 0 Å². The van der Waals surface area contributed by atoms with Gasteiger partial charge >= 0.3 is 0 Å². The number of halogens is 3. The Morgan fingerprint density at radius 1 is 1.33 bits per heavy atom. The molecular formula is C12H8ClF2NO2. The maximum atomic E-state index is 13.5. The molecule has 0 fully saturated rings. The number of hydrogen-bond acceptors (Lipinski definition) is 2. The molecule has 94 valence electrons. The Hall–Kier alpha value is -1.75. The van der Waals surface area contributed by atoms with Crippen LogP contribution < -0.4 is 4.90 Å². The Morgan fingerprint density at radius 2 is 2.00 bits per heavy atom. The molecule has 3 nitrogen and oxygen atoms in total. The first-order valence-corrected chi connectivity index (χ1v) is 5.57. The second kappa shape index (κ2) is 4.49. The lowest BCUT2D eigenvalue weighted by Crippen LogP contribution is -2.31. The largest absolute Gasteiger partial charge is 0.300 e. The highest BCUT2D eigenvalue weighted by molar-refractivity contribution is 6.52. The molecule has 0 bridgehead atoms. The Labute approximate surface area is 107 Å². The van der Waals surface area contributed by atoms with Crippen LogP contribution in [0.5, 0.6) is 0 Å². The van der Waals surface area contributed by atoms with Gasteiger partial charge in [0.05, 0.1) is 11.3 Å². The molecule has 1 amide bonds. The van der Waals surface area contributed by atoms with E-state index in [0.29, 0.717) is 11.6 Å². The molecule has 18 heavy (non-hydrogen) atoms. The van der Waals surface area contributed by atoms with Crippen molar-refractivity contribution in [1.82, 2.24) is 0 Å². The molecule has 0 atom stereocenters. The van der Waals surface area contributed by atoms with Gasteiger partial charge in [0, 0.05) is 18.5 Å². The van der Waals surface area contributed by atoms with Crippen LogP contribution in [0, 0.1) is 11.6 Å². The van der Waals surface area contributed by atoms with E-state index in [1.807, 2.05) is 0 Å². The summed E-state index contributed by atoms with van der Waals surface area (Å²) in [5.74, 6) is -3.69. The van der Waals surface area contributed by atoms with Crippen molar-refractivity contribution in [2.45, 2.75) is 0 Å². The molecule has 0 radical (unpaired) electrons. The van der Waals surface area contributed by atoms with E-state index in [1.54, 1.807) is 0 Å². The minimum Gasteiger partial charge on any atom is -0.300 e. The Bertz CT molecular complexity index is 571. The van der Waals surface area contributed by atoms with Crippen LogP contribution in [0.25, 0.3) is 0 Å². The average molecular weight is 272 g/mol.